The molecule has 0 amide bonds. The van der Waals surface area contributed by atoms with Gasteiger partial charge in [0, 0.05) is 25.2 Å². The monoisotopic (exact) mass is 292 g/mol. The van der Waals surface area contributed by atoms with E-state index in [2.05, 4.69) is 11.9 Å². The number of aliphatic hydroxyl groups excluding tert-OH is 1. The normalized spacial score (nSPS) is 17.3. The van der Waals surface area contributed by atoms with Crippen molar-refractivity contribution in [3.8, 4) is 5.75 Å². The third-order valence-electron chi connectivity index (χ3n) is 4.19. The Labute approximate surface area is 127 Å². The number of aliphatic hydroxyl groups is 1. The molecule has 0 aromatic heterocycles. The van der Waals surface area contributed by atoms with E-state index >= 15 is 0 Å². The fraction of sp³-hybridized carbons (Fsp3) is 0.647. The second-order valence-corrected chi connectivity index (χ2v) is 6.15. The van der Waals surface area contributed by atoms with Crippen molar-refractivity contribution in [2.24, 2.45) is 11.7 Å². The lowest BCUT2D eigenvalue weighted by Crippen LogP contribution is -2.35. The molecule has 1 aromatic rings. The van der Waals surface area contributed by atoms with Crippen LogP contribution in [0.25, 0.3) is 0 Å². The van der Waals surface area contributed by atoms with E-state index in [1.807, 2.05) is 24.3 Å². The molecule has 2 rings (SSSR count). The molecule has 1 aliphatic carbocycles. The molecule has 21 heavy (non-hydrogen) atoms. The molecule has 0 radical (unpaired) electrons. The Morgan fingerprint density at radius 3 is 2.76 bits per heavy atom. The molecule has 4 heteroatoms. The largest absolute Gasteiger partial charge is 0.491 e. The van der Waals surface area contributed by atoms with Crippen LogP contribution in [-0.2, 0) is 6.54 Å². The molecular weight excluding hydrogens is 264 g/mol. The lowest BCUT2D eigenvalue weighted by molar-refractivity contribution is 0.0717. The highest BCUT2D eigenvalue weighted by Gasteiger charge is 2.18. The number of nitrogens with zero attached hydrogens (tertiary/aromatic N) is 1. The highest BCUT2D eigenvalue weighted by molar-refractivity contribution is 5.32. The van der Waals surface area contributed by atoms with Gasteiger partial charge in [0.15, 0.2) is 0 Å². The Bertz CT molecular complexity index is 419. The van der Waals surface area contributed by atoms with Crippen LogP contribution in [0.4, 0.5) is 0 Å². The zero-order chi connectivity index (χ0) is 15.1. The van der Waals surface area contributed by atoms with Crippen molar-refractivity contribution in [3.63, 3.8) is 0 Å². The lowest BCUT2D eigenvalue weighted by atomic mass is 10.1. The fourth-order valence-electron chi connectivity index (χ4n) is 3.12. The molecule has 1 unspecified atom stereocenters. The number of hydrogen-bond donors (Lipinski definition) is 2. The predicted molar refractivity (Wildman–Crippen MR) is 85.3 cm³/mol. The van der Waals surface area contributed by atoms with Gasteiger partial charge in [0.25, 0.3) is 0 Å². The van der Waals surface area contributed by atoms with Crippen LogP contribution in [0.1, 0.15) is 31.2 Å². The van der Waals surface area contributed by atoms with Crippen LogP contribution in [0.15, 0.2) is 24.3 Å². The predicted octanol–water partition coefficient (Wildman–Crippen LogP) is 2.01. The quantitative estimate of drug-likeness (QED) is 0.769. The third kappa shape index (κ3) is 5.30. The van der Waals surface area contributed by atoms with E-state index in [0.29, 0.717) is 19.7 Å². The van der Waals surface area contributed by atoms with Gasteiger partial charge in [-0.3, -0.25) is 0 Å². The maximum absolute atomic E-state index is 10.1. The number of benzene rings is 1. The van der Waals surface area contributed by atoms with Crippen LogP contribution in [0, 0.1) is 5.92 Å². The summed E-state index contributed by atoms with van der Waals surface area (Å²) in [5.74, 6) is 1.58. The van der Waals surface area contributed by atoms with Crippen LogP contribution in [0.3, 0.4) is 0 Å². The molecule has 0 heterocycles. The first kappa shape index (κ1) is 16.3. The highest BCUT2D eigenvalue weighted by Crippen LogP contribution is 2.25. The van der Waals surface area contributed by atoms with Gasteiger partial charge < -0.3 is 20.5 Å². The van der Waals surface area contributed by atoms with E-state index in [0.717, 1.165) is 23.8 Å². The zero-order valence-corrected chi connectivity index (χ0v) is 13.0. The van der Waals surface area contributed by atoms with Crippen LogP contribution in [0.2, 0.25) is 0 Å². The molecule has 3 N–H and O–H groups in total. The Morgan fingerprint density at radius 2 is 2.05 bits per heavy atom. The summed E-state index contributed by atoms with van der Waals surface area (Å²) in [6.07, 6.45) is 4.92. The fourth-order valence-corrected chi connectivity index (χ4v) is 3.12. The van der Waals surface area contributed by atoms with Crippen molar-refractivity contribution in [2.45, 2.75) is 38.3 Å². The van der Waals surface area contributed by atoms with Gasteiger partial charge in [0.2, 0.25) is 0 Å². The molecule has 1 atom stereocenters. The van der Waals surface area contributed by atoms with E-state index in [1.165, 1.54) is 25.7 Å². The number of rotatable bonds is 8. The summed E-state index contributed by atoms with van der Waals surface area (Å²) < 4.78 is 5.70. The van der Waals surface area contributed by atoms with Crippen molar-refractivity contribution >= 4 is 0 Å². The number of ether oxygens (including phenoxy) is 1. The Kier molecular flexibility index (Phi) is 6.49. The van der Waals surface area contributed by atoms with Gasteiger partial charge in [-0.1, -0.05) is 31.0 Å². The van der Waals surface area contributed by atoms with Crippen molar-refractivity contribution in [1.29, 1.82) is 0 Å². The van der Waals surface area contributed by atoms with Crippen LogP contribution in [0.5, 0.6) is 5.75 Å². The van der Waals surface area contributed by atoms with Crippen molar-refractivity contribution in [2.75, 3.05) is 26.7 Å². The van der Waals surface area contributed by atoms with Gasteiger partial charge in [-0.15, -0.1) is 0 Å². The maximum Gasteiger partial charge on any atom is 0.123 e. The van der Waals surface area contributed by atoms with Crippen LogP contribution in [-0.4, -0.2) is 42.9 Å². The van der Waals surface area contributed by atoms with E-state index in [9.17, 15) is 5.11 Å². The zero-order valence-electron chi connectivity index (χ0n) is 13.0. The van der Waals surface area contributed by atoms with Crippen molar-refractivity contribution in [1.82, 2.24) is 4.90 Å². The number of nitrogens with two attached hydrogens (primary N) is 1. The minimum Gasteiger partial charge on any atom is -0.491 e. The standard InChI is InChI=1S/C17H28N2O2/c1-19(11-14-6-2-3-7-14)12-16(20)13-21-17-9-5-4-8-15(17)10-18/h4-5,8-9,14,16,20H,2-3,6-7,10-13,18H2,1H3. The molecule has 0 spiro atoms. The van der Waals surface area contributed by atoms with Gasteiger partial charge in [-0.2, -0.15) is 0 Å². The van der Waals surface area contributed by atoms with E-state index < -0.39 is 6.10 Å². The third-order valence-corrected chi connectivity index (χ3v) is 4.19. The minimum atomic E-state index is -0.470. The Morgan fingerprint density at radius 1 is 1.33 bits per heavy atom. The average Bonchev–Trinajstić information content (AvgIpc) is 2.98. The van der Waals surface area contributed by atoms with E-state index in [-0.39, 0.29) is 0 Å². The molecule has 0 saturated heterocycles. The summed E-state index contributed by atoms with van der Waals surface area (Å²) in [6, 6.07) is 7.72. The first-order valence-corrected chi connectivity index (χ1v) is 7.96. The van der Waals surface area contributed by atoms with E-state index in [4.69, 9.17) is 10.5 Å². The van der Waals surface area contributed by atoms with Gasteiger partial charge >= 0.3 is 0 Å². The molecule has 118 valence electrons. The summed E-state index contributed by atoms with van der Waals surface area (Å²) in [7, 11) is 2.08. The smallest absolute Gasteiger partial charge is 0.123 e. The van der Waals surface area contributed by atoms with Crippen LogP contribution >= 0.6 is 0 Å². The summed E-state index contributed by atoms with van der Waals surface area (Å²) in [4.78, 5) is 2.22. The first-order chi connectivity index (χ1) is 10.2. The minimum absolute atomic E-state index is 0.312. The Hall–Kier alpha value is -1.10. The second-order valence-electron chi connectivity index (χ2n) is 6.15. The summed E-state index contributed by atoms with van der Waals surface area (Å²) in [5, 5.41) is 10.1. The van der Waals surface area contributed by atoms with Crippen molar-refractivity contribution < 1.29 is 9.84 Å². The molecule has 1 fully saturated rings. The SMILES string of the molecule is CN(CC(O)COc1ccccc1CN)CC1CCCC1. The summed E-state index contributed by atoms with van der Waals surface area (Å²) in [5.41, 5.74) is 6.65. The first-order valence-electron chi connectivity index (χ1n) is 7.96. The molecule has 1 aliphatic rings. The van der Waals surface area contributed by atoms with Gasteiger partial charge in [-0.25, -0.2) is 0 Å². The van der Waals surface area contributed by atoms with Crippen molar-refractivity contribution in [3.05, 3.63) is 29.8 Å². The number of hydrogen-bond acceptors (Lipinski definition) is 4. The van der Waals surface area contributed by atoms with E-state index in [1.54, 1.807) is 0 Å². The summed E-state index contributed by atoms with van der Waals surface area (Å²) in [6.45, 7) is 2.50. The molecule has 0 aliphatic heterocycles. The van der Waals surface area contributed by atoms with Gasteiger partial charge in [0.05, 0.1) is 0 Å². The molecule has 4 nitrogen and oxygen atoms in total. The lowest BCUT2D eigenvalue weighted by Gasteiger charge is -2.23. The number of likely N-dealkylation sites (N-methyl/N-ethyl adjacent to an activating group) is 1. The van der Waals surface area contributed by atoms with Gasteiger partial charge in [-0.05, 0) is 31.9 Å². The molecule has 0 bridgehead atoms. The summed E-state index contributed by atoms with van der Waals surface area (Å²) >= 11 is 0. The van der Waals surface area contributed by atoms with Gasteiger partial charge in [0.1, 0.15) is 18.5 Å². The van der Waals surface area contributed by atoms with Crippen LogP contribution < -0.4 is 10.5 Å². The molecular formula is C17H28N2O2. The Balaban J connectivity index is 1.72. The molecule has 1 aromatic carbocycles. The second kappa shape index (κ2) is 8.37. The number of para-hydroxylation sites is 1. The highest BCUT2D eigenvalue weighted by atomic mass is 16.5. The topological polar surface area (TPSA) is 58.7 Å². The maximum atomic E-state index is 10.1. The molecule has 1 saturated carbocycles. The average molecular weight is 292 g/mol.